The molecule has 1 amide bonds. The van der Waals surface area contributed by atoms with Crippen LogP contribution in [0, 0.1) is 12.8 Å². The van der Waals surface area contributed by atoms with Gasteiger partial charge in [0, 0.05) is 43.0 Å². The van der Waals surface area contributed by atoms with E-state index in [-0.39, 0.29) is 23.4 Å². The lowest BCUT2D eigenvalue weighted by Crippen LogP contribution is -2.40. The molecule has 0 bridgehead atoms. The number of phenols is 1. The second kappa shape index (κ2) is 9.16. The third-order valence-electron chi connectivity index (χ3n) is 5.81. The number of amides is 1. The van der Waals surface area contributed by atoms with Gasteiger partial charge >= 0.3 is 0 Å². The number of phenolic OH excluding ortho intramolecular Hbond substituents is 1. The molecule has 31 heavy (non-hydrogen) atoms. The maximum absolute atomic E-state index is 12.6. The van der Waals surface area contributed by atoms with Gasteiger partial charge in [0.25, 0.3) is 0 Å². The molecule has 1 N–H and O–H groups in total. The van der Waals surface area contributed by atoms with Gasteiger partial charge in [-0.1, -0.05) is 29.8 Å². The van der Waals surface area contributed by atoms with Crippen LogP contribution in [0.4, 0.5) is 0 Å². The SMILES string of the molecule is Cc1ccc(-c2cnc(CCC(=O)N3CCC(C(=O)c4ccc(O)cc4)CC3)o2)cc1. The fraction of sp³-hybridized carbons (Fsp3) is 0.320. The summed E-state index contributed by atoms with van der Waals surface area (Å²) in [6.45, 7) is 3.19. The van der Waals surface area contributed by atoms with Gasteiger partial charge in [0.2, 0.25) is 5.91 Å². The number of aromatic hydroxyl groups is 1. The van der Waals surface area contributed by atoms with Crippen LogP contribution in [-0.4, -0.2) is 39.8 Å². The third kappa shape index (κ3) is 5.02. The number of hydrogen-bond donors (Lipinski definition) is 1. The van der Waals surface area contributed by atoms with Gasteiger partial charge in [0.05, 0.1) is 6.20 Å². The van der Waals surface area contributed by atoms with E-state index in [1.165, 1.54) is 17.7 Å². The van der Waals surface area contributed by atoms with Crippen LogP contribution in [0.3, 0.4) is 0 Å². The third-order valence-corrected chi connectivity index (χ3v) is 5.81. The largest absolute Gasteiger partial charge is 0.508 e. The van der Waals surface area contributed by atoms with Crippen LogP contribution >= 0.6 is 0 Å². The Morgan fingerprint density at radius 3 is 2.42 bits per heavy atom. The molecule has 0 spiro atoms. The van der Waals surface area contributed by atoms with Crippen molar-refractivity contribution in [3.8, 4) is 17.1 Å². The van der Waals surface area contributed by atoms with Crippen molar-refractivity contribution < 1.29 is 19.1 Å². The first-order valence-corrected chi connectivity index (χ1v) is 10.6. The van der Waals surface area contributed by atoms with Crippen LogP contribution in [-0.2, 0) is 11.2 Å². The van der Waals surface area contributed by atoms with E-state index in [9.17, 15) is 14.7 Å². The molecular formula is C25H26N2O4. The molecule has 6 heteroatoms. The molecule has 0 aliphatic carbocycles. The van der Waals surface area contributed by atoms with Crippen molar-refractivity contribution in [2.75, 3.05) is 13.1 Å². The van der Waals surface area contributed by atoms with E-state index in [1.54, 1.807) is 18.3 Å². The van der Waals surface area contributed by atoms with Gasteiger partial charge in [0.15, 0.2) is 17.4 Å². The fourth-order valence-corrected chi connectivity index (χ4v) is 3.90. The van der Waals surface area contributed by atoms with E-state index in [2.05, 4.69) is 4.98 Å². The van der Waals surface area contributed by atoms with Gasteiger partial charge in [-0.15, -0.1) is 0 Å². The normalized spacial score (nSPS) is 14.5. The number of rotatable bonds is 6. The molecule has 1 aliphatic heterocycles. The van der Waals surface area contributed by atoms with Crippen molar-refractivity contribution in [3.05, 3.63) is 71.7 Å². The van der Waals surface area contributed by atoms with Gasteiger partial charge in [0.1, 0.15) is 5.75 Å². The number of carbonyl (C=O) groups is 2. The number of likely N-dealkylation sites (tertiary alicyclic amines) is 1. The molecule has 1 fully saturated rings. The highest BCUT2D eigenvalue weighted by molar-refractivity contribution is 5.98. The van der Waals surface area contributed by atoms with Gasteiger partial charge in [-0.25, -0.2) is 4.98 Å². The molecule has 0 radical (unpaired) electrons. The summed E-state index contributed by atoms with van der Waals surface area (Å²) in [6.07, 6.45) is 3.80. The Kier molecular flexibility index (Phi) is 6.16. The molecule has 0 saturated carbocycles. The Morgan fingerprint density at radius 2 is 1.74 bits per heavy atom. The predicted octanol–water partition coefficient (Wildman–Crippen LogP) is 4.41. The van der Waals surface area contributed by atoms with E-state index < -0.39 is 0 Å². The fourth-order valence-electron chi connectivity index (χ4n) is 3.90. The minimum Gasteiger partial charge on any atom is -0.508 e. The van der Waals surface area contributed by atoms with Crippen LogP contribution in [0.5, 0.6) is 5.75 Å². The number of aryl methyl sites for hydroxylation is 2. The molecule has 0 unspecified atom stereocenters. The first-order chi connectivity index (χ1) is 15.0. The summed E-state index contributed by atoms with van der Waals surface area (Å²) < 4.78 is 5.81. The summed E-state index contributed by atoms with van der Waals surface area (Å²) >= 11 is 0. The summed E-state index contributed by atoms with van der Waals surface area (Å²) in [5.74, 6) is 1.46. The first-order valence-electron chi connectivity index (χ1n) is 10.6. The molecule has 0 atom stereocenters. The number of piperidine rings is 1. The number of benzene rings is 2. The molecule has 4 rings (SSSR count). The van der Waals surface area contributed by atoms with Crippen LogP contribution in [0.2, 0.25) is 0 Å². The van der Waals surface area contributed by atoms with Crippen molar-refractivity contribution in [1.29, 1.82) is 0 Å². The van der Waals surface area contributed by atoms with Crippen LogP contribution in [0.1, 0.15) is 41.1 Å². The summed E-state index contributed by atoms with van der Waals surface area (Å²) in [5.41, 5.74) is 2.76. The van der Waals surface area contributed by atoms with Gasteiger partial charge in [-0.05, 0) is 44.0 Å². The quantitative estimate of drug-likeness (QED) is 0.600. The lowest BCUT2D eigenvalue weighted by Gasteiger charge is -2.31. The van der Waals surface area contributed by atoms with Crippen LogP contribution in [0.15, 0.2) is 59.1 Å². The lowest BCUT2D eigenvalue weighted by molar-refractivity contribution is -0.132. The second-order valence-corrected chi connectivity index (χ2v) is 8.05. The standard InChI is InChI=1S/C25H26N2O4/c1-17-2-4-18(5-3-17)22-16-26-23(31-22)10-11-24(29)27-14-12-20(13-15-27)25(30)19-6-8-21(28)9-7-19/h2-9,16,20,28H,10-15H2,1H3. The molecule has 6 nitrogen and oxygen atoms in total. The van der Waals surface area contributed by atoms with Crippen molar-refractivity contribution in [2.24, 2.45) is 5.92 Å². The molecule has 1 aliphatic rings. The Hall–Kier alpha value is -3.41. The maximum atomic E-state index is 12.6. The molecular weight excluding hydrogens is 392 g/mol. The summed E-state index contributed by atoms with van der Waals surface area (Å²) in [6, 6.07) is 14.4. The van der Waals surface area contributed by atoms with E-state index in [0.717, 1.165) is 5.56 Å². The van der Waals surface area contributed by atoms with Gasteiger partial charge < -0.3 is 14.4 Å². The van der Waals surface area contributed by atoms with Crippen molar-refractivity contribution in [1.82, 2.24) is 9.88 Å². The van der Waals surface area contributed by atoms with E-state index in [4.69, 9.17) is 4.42 Å². The average Bonchev–Trinajstić information content (AvgIpc) is 3.27. The van der Waals surface area contributed by atoms with E-state index in [0.29, 0.717) is 56.0 Å². The minimum absolute atomic E-state index is 0.0608. The topological polar surface area (TPSA) is 83.6 Å². The Labute approximate surface area is 181 Å². The second-order valence-electron chi connectivity index (χ2n) is 8.05. The van der Waals surface area contributed by atoms with Crippen molar-refractivity contribution in [2.45, 2.75) is 32.6 Å². The number of nitrogens with zero attached hydrogens (tertiary/aromatic N) is 2. The monoisotopic (exact) mass is 418 g/mol. The number of aromatic nitrogens is 1. The highest BCUT2D eigenvalue weighted by atomic mass is 16.4. The number of hydrogen-bond acceptors (Lipinski definition) is 5. The number of ketones is 1. The molecule has 3 aromatic rings. The van der Waals surface area contributed by atoms with Crippen molar-refractivity contribution in [3.63, 3.8) is 0 Å². The molecule has 1 saturated heterocycles. The zero-order valence-electron chi connectivity index (χ0n) is 17.6. The molecule has 2 heterocycles. The Bertz CT molecular complexity index is 1050. The highest BCUT2D eigenvalue weighted by Crippen LogP contribution is 2.24. The molecule has 1 aromatic heterocycles. The highest BCUT2D eigenvalue weighted by Gasteiger charge is 2.28. The summed E-state index contributed by atoms with van der Waals surface area (Å²) in [7, 11) is 0. The minimum atomic E-state index is -0.0857. The number of Topliss-reactive ketones (excluding diaryl/α,β-unsaturated/α-hetero) is 1. The number of oxazole rings is 1. The van der Waals surface area contributed by atoms with E-state index in [1.807, 2.05) is 36.1 Å². The molecule has 2 aromatic carbocycles. The smallest absolute Gasteiger partial charge is 0.223 e. The average molecular weight is 418 g/mol. The van der Waals surface area contributed by atoms with Gasteiger partial charge in [-0.3, -0.25) is 9.59 Å². The zero-order valence-corrected chi connectivity index (χ0v) is 17.6. The maximum Gasteiger partial charge on any atom is 0.223 e. The Morgan fingerprint density at radius 1 is 1.06 bits per heavy atom. The van der Waals surface area contributed by atoms with Crippen LogP contribution in [0.25, 0.3) is 11.3 Å². The van der Waals surface area contributed by atoms with E-state index >= 15 is 0 Å². The molecule has 160 valence electrons. The predicted molar refractivity (Wildman–Crippen MR) is 117 cm³/mol. The van der Waals surface area contributed by atoms with Gasteiger partial charge in [-0.2, -0.15) is 0 Å². The zero-order chi connectivity index (χ0) is 21.8. The Balaban J connectivity index is 1.26. The lowest BCUT2D eigenvalue weighted by atomic mass is 9.88. The number of carbonyl (C=O) groups excluding carboxylic acids is 2. The van der Waals surface area contributed by atoms with Crippen molar-refractivity contribution >= 4 is 11.7 Å². The van der Waals surface area contributed by atoms with Crippen LogP contribution < -0.4 is 0 Å². The first kappa shape index (κ1) is 20.8. The summed E-state index contributed by atoms with van der Waals surface area (Å²) in [4.78, 5) is 31.4. The summed E-state index contributed by atoms with van der Waals surface area (Å²) in [5, 5.41) is 9.38.